The Labute approximate surface area is 125 Å². The number of amides is 1. The molecule has 1 saturated heterocycles. The van der Waals surface area contributed by atoms with Crippen LogP contribution >= 0.6 is 0 Å². The molecule has 21 heavy (non-hydrogen) atoms. The van der Waals surface area contributed by atoms with Crippen molar-refractivity contribution in [3.63, 3.8) is 0 Å². The Morgan fingerprint density at radius 3 is 2.71 bits per heavy atom. The second-order valence-corrected chi connectivity index (χ2v) is 5.24. The molecule has 2 rings (SSSR count). The van der Waals surface area contributed by atoms with Crippen LogP contribution in [0.15, 0.2) is 36.9 Å². The van der Waals surface area contributed by atoms with Crippen LogP contribution in [0.1, 0.15) is 36.5 Å². The van der Waals surface area contributed by atoms with Crippen LogP contribution in [0.4, 0.5) is 5.69 Å². The van der Waals surface area contributed by atoms with E-state index in [2.05, 4.69) is 6.58 Å². The first kappa shape index (κ1) is 15.3. The number of carbonyl (C=O) groups is 2. The molecule has 4 nitrogen and oxygen atoms in total. The molecule has 0 spiro atoms. The van der Waals surface area contributed by atoms with E-state index in [4.69, 9.17) is 4.74 Å². The van der Waals surface area contributed by atoms with Crippen molar-refractivity contribution >= 4 is 17.6 Å². The smallest absolute Gasteiger partial charge is 0.338 e. The van der Waals surface area contributed by atoms with Crippen molar-refractivity contribution in [2.24, 2.45) is 5.92 Å². The standard InChI is InChI=1S/C17H21NO3/c1-3-5-10-21-17(20)14-6-8-15(9-7-14)18-12-13(4-2)11-16(18)19/h4,6-9,13H,2-3,5,10-12H2,1H3. The first-order chi connectivity index (χ1) is 10.2. The van der Waals surface area contributed by atoms with Crippen molar-refractivity contribution in [1.82, 2.24) is 0 Å². The van der Waals surface area contributed by atoms with Crippen molar-refractivity contribution in [3.8, 4) is 0 Å². The Bertz CT molecular complexity index is 521. The number of anilines is 1. The molecule has 112 valence electrons. The lowest BCUT2D eigenvalue weighted by atomic mass is 10.1. The summed E-state index contributed by atoms with van der Waals surface area (Å²) in [6.45, 7) is 6.89. The van der Waals surface area contributed by atoms with Crippen LogP contribution in [0.2, 0.25) is 0 Å². The number of rotatable bonds is 6. The van der Waals surface area contributed by atoms with Gasteiger partial charge in [0, 0.05) is 24.6 Å². The maximum Gasteiger partial charge on any atom is 0.338 e. The molecule has 0 saturated carbocycles. The Balaban J connectivity index is 2.00. The molecule has 1 atom stereocenters. The van der Waals surface area contributed by atoms with E-state index in [0.29, 0.717) is 25.1 Å². The minimum atomic E-state index is -0.313. The van der Waals surface area contributed by atoms with E-state index < -0.39 is 0 Å². The van der Waals surface area contributed by atoms with Gasteiger partial charge in [-0.3, -0.25) is 4.79 Å². The van der Waals surface area contributed by atoms with Gasteiger partial charge in [-0.25, -0.2) is 4.79 Å². The van der Waals surface area contributed by atoms with Crippen LogP contribution in [0, 0.1) is 5.92 Å². The van der Waals surface area contributed by atoms with Gasteiger partial charge in [-0.15, -0.1) is 6.58 Å². The Kier molecular flexibility index (Phi) is 5.14. The summed E-state index contributed by atoms with van der Waals surface area (Å²) in [5, 5.41) is 0. The Morgan fingerprint density at radius 1 is 1.43 bits per heavy atom. The molecular weight excluding hydrogens is 266 g/mol. The van der Waals surface area contributed by atoms with Crippen molar-refractivity contribution in [2.45, 2.75) is 26.2 Å². The Morgan fingerprint density at radius 2 is 2.14 bits per heavy atom. The quantitative estimate of drug-likeness (QED) is 0.458. The number of nitrogens with zero attached hydrogens (tertiary/aromatic N) is 1. The molecule has 1 aromatic rings. The number of benzene rings is 1. The van der Waals surface area contributed by atoms with E-state index in [9.17, 15) is 9.59 Å². The van der Waals surface area contributed by atoms with Crippen molar-refractivity contribution in [2.75, 3.05) is 18.1 Å². The first-order valence-electron chi connectivity index (χ1n) is 7.35. The zero-order chi connectivity index (χ0) is 15.2. The molecule has 1 aliphatic heterocycles. The number of hydrogen-bond donors (Lipinski definition) is 0. The van der Waals surface area contributed by atoms with Gasteiger partial charge < -0.3 is 9.64 Å². The highest BCUT2D eigenvalue weighted by molar-refractivity contribution is 5.96. The third-order valence-electron chi connectivity index (χ3n) is 3.63. The van der Waals surface area contributed by atoms with Gasteiger partial charge >= 0.3 is 5.97 Å². The second kappa shape index (κ2) is 7.07. The lowest BCUT2D eigenvalue weighted by Crippen LogP contribution is -2.24. The van der Waals surface area contributed by atoms with Crippen LogP contribution in [-0.2, 0) is 9.53 Å². The largest absolute Gasteiger partial charge is 0.462 e. The lowest BCUT2D eigenvalue weighted by Gasteiger charge is -2.16. The molecule has 0 aliphatic carbocycles. The van der Waals surface area contributed by atoms with Crippen LogP contribution in [0.25, 0.3) is 0 Å². The fourth-order valence-electron chi connectivity index (χ4n) is 2.31. The van der Waals surface area contributed by atoms with E-state index in [1.165, 1.54) is 0 Å². The minimum Gasteiger partial charge on any atom is -0.462 e. The van der Waals surface area contributed by atoms with Crippen molar-refractivity contribution in [1.29, 1.82) is 0 Å². The number of unbranched alkanes of at least 4 members (excludes halogenated alkanes) is 1. The van der Waals surface area contributed by atoms with Crippen LogP contribution in [-0.4, -0.2) is 25.0 Å². The molecule has 0 aromatic heterocycles. The highest BCUT2D eigenvalue weighted by Gasteiger charge is 2.28. The molecule has 0 radical (unpaired) electrons. The topological polar surface area (TPSA) is 46.6 Å². The summed E-state index contributed by atoms with van der Waals surface area (Å²) in [5.41, 5.74) is 1.33. The van der Waals surface area contributed by atoms with Gasteiger partial charge in [-0.05, 0) is 30.7 Å². The highest BCUT2D eigenvalue weighted by atomic mass is 16.5. The summed E-state index contributed by atoms with van der Waals surface area (Å²) in [7, 11) is 0. The minimum absolute atomic E-state index is 0.0955. The maximum atomic E-state index is 11.9. The molecule has 1 fully saturated rings. The molecule has 1 amide bonds. The Hall–Kier alpha value is -2.10. The average molecular weight is 287 g/mol. The van der Waals surface area contributed by atoms with Gasteiger partial charge in [0.2, 0.25) is 5.91 Å². The molecule has 1 heterocycles. The summed E-state index contributed by atoms with van der Waals surface area (Å²) in [6, 6.07) is 7.00. The molecule has 1 aliphatic rings. The molecular formula is C17H21NO3. The van der Waals surface area contributed by atoms with Gasteiger partial charge in [0.05, 0.1) is 12.2 Å². The fourth-order valence-corrected chi connectivity index (χ4v) is 2.31. The zero-order valence-corrected chi connectivity index (χ0v) is 12.4. The average Bonchev–Trinajstić information content (AvgIpc) is 2.89. The van der Waals surface area contributed by atoms with Crippen molar-refractivity contribution < 1.29 is 14.3 Å². The number of esters is 1. The summed E-state index contributed by atoms with van der Waals surface area (Å²) < 4.78 is 5.16. The van der Waals surface area contributed by atoms with Gasteiger partial charge in [0.15, 0.2) is 0 Å². The number of ether oxygens (including phenoxy) is 1. The third kappa shape index (κ3) is 3.72. The summed E-state index contributed by atoms with van der Waals surface area (Å²) in [4.78, 5) is 25.5. The van der Waals surface area contributed by atoms with Crippen LogP contribution in [0.5, 0.6) is 0 Å². The van der Waals surface area contributed by atoms with E-state index in [-0.39, 0.29) is 17.8 Å². The summed E-state index contributed by atoms with van der Waals surface area (Å²) >= 11 is 0. The number of carbonyl (C=O) groups excluding carboxylic acids is 2. The first-order valence-corrected chi connectivity index (χ1v) is 7.35. The second-order valence-electron chi connectivity index (χ2n) is 5.24. The number of hydrogen-bond acceptors (Lipinski definition) is 3. The third-order valence-corrected chi connectivity index (χ3v) is 3.63. The van der Waals surface area contributed by atoms with Crippen LogP contribution in [0.3, 0.4) is 0 Å². The van der Waals surface area contributed by atoms with Gasteiger partial charge in [0.25, 0.3) is 0 Å². The summed E-state index contributed by atoms with van der Waals surface area (Å²) in [6.07, 6.45) is 4.19. The summed E-state index contributed by atoms with van der Waals surface area (Å²) in [5.74, 6) is -0.0129. The van der Waals surface area contributed by atoms with E-state index in [1.807, 2.05) is 13.0 Å². The zero-order valence-electron chi connectivity index (χ0n) is 12.4. The van der Waals surface area contributed by atoms with Gasteiger partial charge in [-0.2, -0.15) is 0 Å². The molecule has 0 bridgehead atoms. The van der Waals surface area contributed by atoms with Crippen LogP contribution < -0.4 is 4.90 Å². The molecule has 4 heteroatoms. The predicted molar refractivity (Wildman–Crippen MR) is 82.3 cm³/mol. The predicted octanol–water partition coefficient (Wildman–Crippen LogP) is 3.18. The maximum absolute atomic E-state index is 11.9. The molecule has 1 aromatic carbocycles. The van der Waals surface area contributed by atoms with Gasteiger partial charge in [0.1, 0.15) is 0 Å². The lowest BCUT2D eigenvalue weighted by molar-refractivity contribution is -0.117. The SMILES string of the molecule is C=CC1CC(=O)N(c2ccc(C(=O)OCCCC)cc2)C1. The molecule has 1 unspecified atom stereocenters. The van der Waals surface area contributed by atoms with Gasteiger partial charge in [-0.1, -0.05) is 19.4 Å². The van der Waals surface area contributed by atoms with Crippen molar-refractivity contribution in [3.05, 3.63) is 42.5 Å². The van der Waals surface area contributed by atoms with E-state index in [1.54, 1.807) is 29.2 Å². The normalized spacial score (nSPS) is 17.9. The van der Waals surface area contributed by atoms with E-state index >= 15 is 0 Å². The monoisotopic (exact) mass is 287 g/mol. The fraction of sp³-hybridized carbons (Fsp3) is 0.412. The molecule has 0 N–H and O–H groups in total. The van der Waals surface area contributed by atoms with E-state index in [0.717, 1.165) is 18.5 Å². The highest BCUT2D eigenvalue weighted by Crippen LogP contribution is 2.25.